The minimum Gasteiger partial charge on any atom is -0.294 e. The molecule has 0 fully saturated rings. The molecule has 0 heterocycles. The molecule has 0 aliphatic carbocycles. The highest BCUT2D eigenvalue weighted by atomic mass is 16.1. The third kappa shape index (κ3) is 2.54. The molecule has 1 atom stereocenters. The summed E-state index contributed by atoms with van der Waals surface area (Å²) in [7, 11) is 0. The summed E-state index contributed by atoms with van der Waals surface area (Å²) in [5.41, 5.74) is 1.37. The van der Waals surface area contributed by atoms with Crippen molar-refractivity contribution in [3.63, 3.8) is 0 Å². The van der Waals surface area contributed by atoms with E-state index in [0.29, 0.717) is 5.57 Å². The Hall–Kier alpha value is -1.11. The Labute approximate surface area is 68.1 Å². The first-order valence-electron chi connectivity index (χ1n) is 3.48. The fourth-order valence-corrected chi connectivity index (χ4v) is 0.797. The zero-order valence-electron chi connectivity index (χ0n) is 7.18. The van der Waals surface area contributed by atoms with Gasteiger partial charge in [-0.1, -0.05) is 24.8 Å². The normalized spacial score (nSPS) is 11.8. The van der Waals surface area contributed by atoms with Gasteiger partial charge in [0.2, 0.25) is 0 Å². The third-order valence-electron chi connectivity index (χ3n) is 1.47. The lowest BCUT2D eigenvalue weighted by atomic mass is 9.93. The van der Waals surface area contributed by atoms with Gasteiger partial charge in [0.25, 0.3) is 0 Å². The Balaban J connectivity index is 4.52. The van der Waals surface area contributed by atoms with Crippen LogP contribution in [0.25, 0.3) is 0 Å². The first-order valence-corrected chi connectivity index (χ1v) is 3.48. The lowest BCUT2D eigenvalue weighted by Gasteiger charge is -2.09. The van der Waals surface area contributed by atoms with E-state index in [2.05, 4.69) is 19.7 Å². The van der Waals surface area contributed by atoms with Gasteiger partial charge in [0.05, 0.1) is 5.92 Å². The fourth-order valence-electron chi connectivity index (χ4n) is 0.797. The summed E-state index contributed by atoms with van der Waals surface area (Å²) in [4.78, 5) is 11.3. The van der Waals surface area contributed by atoms with E-state index in [9.17, 15) is 4.79 Å². The SMILES string of the molecule is C=CC(C(=C)C)C(=O)C(=C)C. The molecule has 1 nitrogen and oxygen atoms in total. The van der Waals surface area contributed by atoms with Crippen LogP contribution >= 0.6 is 0 Å². The maximum absolute atomic E-state index is 11.3. The highest BCUT2D eigenvalue weighted by Crippen LogP contribution is 2.14. The van der Waals surface area contributed by atoms with Crippen LogP contribution in [0, 0.1) is 5.92 Å². The standard InChI is InChI=1S/C10H14O/c1-6-9(7(2)3)10(11)8(4)5/h6,9H,1-2,4H2,3,5H3. The second-order valence-electron chi connectivity index (χ2n) is 2.70. The second-order valence-corrected chi connectivity index (χ2v) is 2.70. The zero-order chi connectivity index (χ0) is 9.02. The van der Waals surface area contributed by atoms with E-state index in [1.807, 2.05) is 6.92 Å². The molecule has 0 saturated heterocycles. The van der Waals surface area contributed by atoms with Gasteiger partial charge in [-0.05, 0) is 19.4 Å². The first-order chi connectivity index (χ1) is 5.00. The van der Waals surface area contributed by atoms with E-state index in [1.165, 1.54) is 0 Å². The Morgan fingerprint density at radius 2 is 1.82 bits per heavy atom. The van der Waals surface area contributed by atoms with Crippen LogP contribution in [0.3, 0.4) is 0 Å². The van der Waals surface area contributed by atoms with Gasteiger partial charge in [0.15, 0.2) is 5.78 Å². The van der Waals surface area contributed by atoms with Crippen molar-refractivity contribution in [2.24, 2.45) is 5.92 Å². The van der Waals surface area contributed by atoms with Crippen LogP contribution in [0.15, 0.2) is 37.0 Å². The van der Waals surface area contributed by atoms with Gasteiger partial charge in [-0.3, -0.25) is 4.79 Å². The zero-order valence-corrected chi connectivity index (χ0v) is 7.18. The molecule has 0 radical (unpaired) electrons. The van der Waals surface area contributed by atoms with Crippen LogP contribution in [0.5, 0.6) is 0 Å². The molecule has 11 heavy (non-hydrogen) atoms. The van der Waals surface area contributed by atoms with E-state index in [-0.39, 0.29) is 11.7 Å². The minimum absolute atomic E-state index is 0.00694. The van der Waals surface area contributed by atoms with Crippen molar-refractivity contribution in [2.75, 3.05) is 0 Å². The Bertz CT molecular complexity index is 211. The van der Waals surface area contributed by atoms with Gasteiger partial charge in [-0.15, -0.1) is 6.58 Å². The Morgan fingerprint density at radius 3 is 1.91 bits per heavy atom. The van der Waals surface area contributed by atoms with Crippen LogP contribution in [0.1, 0.15) is 13.8 Å². The molecule has 0 N–H and O–H groups in total. The molecule has 0 aliphatic heterocycles. The summed E-state index contributed by atoms with van der Waals surface area (Å²) in [6.07, 6.45) is 1.60. The molecular formula is C10H14O. The molecule has 0 aromatic heterocycles. The predicted molar refractivity (Wildman–Crippen MR) is 48.3 cm³/mol. The smallest absolute Gasteiger partial charge is 0.168 e. The number of hydrogen-bond donors (Lipinski definition) is 0. The largest absolute Gasteiger partial charge is 0.294 e. The molecule has 60 valence electrons. The number of allylic oxidation sites excluding steroid dienone is 3. The topological polar surface area (TPSA) is 17.1 Å². The summed E-state index contributed by atoms with van der Waals surface area (Å²) in [5.74, 6) is -0.250. The van der Waals surface area contributed by atoms with Gasteiger partial charge in [-0.25, -0.2) is 0 Å². The average molecular weight is 150 g/mol. The molecule has 1 heteroatoms. The molecule has 0 rings (SSSR count). The monoisotopic (exact) mass is 150 g/mol. The molecular weight excluding hydrogens is 136 g/mol. The summed E-state index contributed by atoms with van der Waals surface area (Å²) in [6, 6.07) is 0. The Morgan fingerprint density at radius 1 is 1.36 bits per heavy atom. The molecule has 0 bridgehead atoms. The molecule has 0 amide bonds. The van der Waals surface area contributed by atoms with E-state index in [1.54, 1.807) is 13.0 Å². The van der Waals surface area contributed by atoms with E-state index in [4.69, 9.17) is 0 Å². The number of rotatable bonds is 4. The van der Waals surface area contributed by atoms with E-state index in [0.717, 1.165) is 5.57 Å². The maximum atomic E-state index is 11.3. The van der Waals surface area contributed by atoms with Crippen LogP contribution in [0.2, 0.25) is 0 Å². The lowest BCUT2D eigenvalue weighted by Crippen LogP contribution is -2.12. The van der Waals surface area contributed by atoms with Gasteiger partial charge in [0.1, 0.15) is 0 Å². The highest BCUT2D eigenvalue weighted by Gasteiger charge is 2.14. The van der Waals surface area contributed by atoms with Gasteiger partial charge in [0, 0.05) is 0 Å². The first kappa shape index (κ1) is 9.89. The number of carbonyl (C=O) groups excluding carboxylic acids is 1. The third-order valence-corrected chi connectivity index (χ3v) is 1.47. The van der Waals surface area contributed by atoms with Crippen molar-refractivity contribution in [1.29, 1.82) is 0 Å². The minimum atomic E-state index is -0.257. The second kappa shape index (κ2) is 3.91. The molecule has 0 aromatic rings. The van der Waals surface area contributed by atoms with Crippen molar-refractivity contribution in [3.05, 3.63) is 37.0 Å². The lowest BCUT2D eigenvalue weighted by molar-refractivity contribution is -0.116. The Kier molecular flexibility index (Phi) is 3.52. The summed E-state index contributed by atoms with van der Waals surface area (Å²) in [6.45, 7) is 14.3. The van der Waals surface area contributed by atoms with E-state index < -0.39 is 0 Å². The highest BCUT2D eigenvalue weighted by molar-refractivity contribution is 5.98. The van der Waals surface area contributed by atoms with Crippen LogP contribution in [0.4, 0.5) is 0 Å². The average Bonchev–Trinajstić information content (AvgIpc) is 1.88. The fraction of sp³-hybridized carbons (Fsp3) is 0.300. The summed E-state index contributed by atoms with van der Waals surface area (Å²) >= 11 is 0. The van der Waals surface area contributed by atoms with E-state index >= 15 is 0 Å². The number of hydrogen-bond acceptors (Lipinski definition) is 1. The predicted octanol–water partition coefficient (Wildman–Crippen LogP) is 2.51. The molecule has 0 aromatic carbocycles. The van der Waals surface area contributed by atoms with Gasteiger partial charge < -0.3 is 0 Å². The quantitative estimate of drug-likeness (QED) is 0.444. The molecule has 0 spiro atoms. The summed E-state index contributed by atoms with van der Waals surface area (Å²) < 4.78 is 0. The number of ketones is 1. The van der Waals surface area contributed by atoms with Crippen molar-refractivity contribution in [1.82, 2.24) is 0 Å². The molecule has 1 unspecified atom stereocenters. The van der Waals surface area contributed by atoms with Crippen molar-refractivity contribution >= 4 is 5.78 Å². The van der Waals surface area contributed by atoms with Crippen LogP contribution in [-0.4, -0.2) is 5.78 Å². The van der Waals surface area contributed by atoms with Gasteiger partial charge in [-0.2, -0.15) is 0 Å². The van der Waals surface area contributed by atoms with Crippen LogP contribution < -0.4 is 0 Å². The van der Waals surface area contributed by atoms with Crippen LogP contribution in [-0.2, 0) is 4.79 Å². The van der Waals surface area contributed by atoms with Gasteiger partial charge >= 0.3 is 0 Å². The van der Waals surface area contributed by atoms with Crippen molar-refractivity contribution in [3.8, 4) is 0 Å². The van der Waals surface area contributed by atoms with Crippen molar-refractivity contribution < 1.29 is 4.79 Å². The number of carbonyl (C=O) groups is 1. The molecule has 0 saturated carbocycles. The molecule has 0 aliphatic rings. The summed E-state index contributed by atoms with van der Waals surface area (Å²) in [5, 5.41) is 0. The van der Waals surface area contributed by atoms with Crippen molar-refractivity contribution in [2.45, 2.75) is 13.8 Å². The maximum Gasteiger partial charge on any atom is 0.168 e. The number of Topliss-reactive ketones (excluding diaryl/α,β-unsaturated/α-hetero) is 1.